The third kappa shape index (κ3) is 7.90. The van der Waals surface area contributed by atoms with Gasteiger partial charge in [-0.2, -0.15) is 16.5 Å². The third-order valence-electron chi connectivity index (χ3n) is 3.62. The summed E-state index contributed by atoms with van der Waals surface area (Å²) in [6, 6.07) is 3.96. The smallest absolute Gasteiger partial charge is 0.324 e. The largest absolute Gasteiger partial charge is 0.454 e. The number of ether oxygens (including phenoxy) is 1. The summed E-state index contributed by atoms with van der Waals surface area (Å²) in [6.07, 6.45) is 2.12. The van der Waals surface area contributed by atoms with E-state index in [1.165, 1.54) is 11.8 Å². The molecule has 2 N–H and O–H groups in total. The topological polar surface area (TPSA) is 102 Å². The molecule has 0 saturated carbocycles. The Morgan fingerprint density at radius 1 is 1.22 bits per heavy atom. The molecule has 0 unspecified atom stereocenters. The van der Waals surface area contributed by atoms with Crippen molar-refractivity contribution in [3.63, 3.8) is 0 Å². The van der Waals surface area contributed by atoms with E-state index in [9.17, 15) is 18.0 Å². The Bertz CT molecular complexity index is 763. The van der Waals surface area contributed by atoms with Crippen LogP contribution in [0.2, 0.25) is 0 Å². The molecular weight excluding hydrogens is 388 g/mol. The van der Waals surface area contributed by atoms with E-state index in [-0.39, 0.29) is 17.4 Å². The van der Waals surface area contributed by atoms with Gasteiger partial charge in [-0.3, -0.25) is 9.59 Å². The highest BCUT2D eigenvalue weighted by atomic mass is 32.2. The Balaban J connectivity index is 2.91. The maximum Gasteiger partial charge on any atom is 0.324 e. The number of amides is 1. The molecule has 27 heavy (non-hydrogen) atoms. The van der Waals surface area contributed by atoms with E-state index in [1.807, 2.05) is 12.3 Å². The number of hydrogen-bond donors (Lipinski definition) is 2. The Kier molecular flexibility index (Phi) is 9.28. The first-order chi connectivity index (χ1) is 12.6. The average molecular weight is 417 g/mol. The van der Waals surface area contributed by atoms with Crippen molar-refractivity contribution in [1.29, 1.82) is 0 Å². The van der Waals surface area contributed by atoms with Gasteiger partial charge in [0.1, 0.15) is 6.04 Å². The van der Waals surface area contributed by atoms with Crippen molar-refractivity contribution in [3.05, 3.63) is 29.3 Å². The molecule has 0 saturated heterocycles. The summed E-state index contributed by atoms with van der Waals surface area (Å²) in [5.74, 6) is -0.635. The van der Waals surface area contributed by atoms with E-state index >= 15 is 0 Å². The molecule has 0 bridgehead atoms. The first-order valence-electron chi connectivity index (χ1n) is 8.61. The van der Waals surface area contributed by atoms with Gasteiger partial charge in [-0.25, -0.2) is 8.42 Å². The number of thioether (sulfide) groups is 1. The van der Waals surface area contributed by atoms with Crippen molar-refractivity contribution in [1.82, 2.24) is 10.0 Å². The van der Waals surface area contributed by atoms with Crippen LogP contribution in [-0.2, 0) is 24.3 Å². The van der Waals surface area contributed by atoms with Crippen LogP contribution in [0.15, 0.2) is 23.1 Å². The highest BCUT2D eigenvalue weighted by molar-refractivity contribution is 7.98. The molecule has 152 valence electrons. The molecule has 1 atom stereocenters. The SMILES string of the molecule is CSCC[C@H](NS(=O)(=O)c1cc(C)ccc1C)C(=O)OCC(=O)NC(C)C. The summed E-state index contributed by atoms with van der Waals surface area (Å²) in [4.78, 5) is 24.1. The molecule has 0 fully saturated rings. The normalized spacial score (nSPS) is 12.7. The van der Waals surface area contributed by atoms with Crippen LogP contribution in [0.5, 0.6) is 0 Å². The molecule has 1 aromatic carbocycles. The maximum atomic E-state index is 12.8. The lowest BCUT2D eigenvalue weighted by molar-refractivity contribution is -0.150. The van der Waals surface area contributed by atoms with E-state index < -0.39 is 34.5 Å². The number of hydrogen-bond acceptors (Lipinski definition) is 6. The van der Waals surface area contributed by atoms with Crippen LogP contribution in [0, 0.1) is 13.8 Å². The lowest BCUT2D eigenvalue weighted by atomic mass is 10.2. The van der Waals surface area contributed by atoms with Crippen LogP contribution in [-0.4, -0.2) is 51.0 Å². The second-order valence-corrected chi connectivity index (χ2v) is 9.22. The predicted octanol–water partition coefficient (Wildman–Crippen LogP) is 1.77. The summed E-state index contributed by atoms with van der Waals surface area (Å²) in [6.45, 7) is 6.63. The predicted molar refractivity (Wildman–Crippen MR) is 107 cm³/mol. The minimum Gasteiger partial charge on any atom is -0.454 e. The van der Waals surface area contributed by atoms with Gasteiger partial charge in [0.15, 0.2) is 6.61 Å². The Labute approximate surface area is 165 Å². The van der Waals surface area contributed by atoms with Crippen molar-refractivity contribution in [2.45, 2.75) is 51.1 Å². The highest BCUT2D eigenvalue weighted by Gasteiger charge is 2.28. The molecule has 1 amide bonds. The Morgan fingerprint density at radius 3 is 2.48 bits per heavy atom. The van der Waals surface area contributed by atoms with E-state index in [2.05, 4.69) is 10.0 Å². The van der Waals surface area contributed by atoms with E-state index in [0.29, 0.717) is 11.3 Å². The molecule has 1 rings (SSSR count). The van der Waals surface area contributed by atoms with Gasteiger partial charge in [-0.1, -0.05) is 12.1 Å². The van der Waals surface area contributed by atoms with Crippen LogP contribution in [0.1, 0.15) is 31.4 Å². The number of aryl methyl sites for hydroxylation is 2. The highest BCUT2D eigenvalue weighted by Crippen LogP contribution is 2.18. The van der Waals surface area contributed by atoms with Crippen LogP contribution in [0.3, 0.4) is 0 Å². The number of rotatable bonds is 10. The van der Waals surface area contributed by atoms with Gasteiger partial charge in [-0.15, -0.1) is 0 Å². The summed E-state index contributed by atoms with van der Waals surface area (Å²) in [5, 5.41) is 2.61. The molecule has 7 nitrogen and oxygen atoms in total. The van der Waals surface area contributed by atoms with E-state index in [1.54, 1.807) is 39.8 Å². The van der Waals surface area contributed by atoms with E-state index in [4.69, 9.17) is 4.74 Å². The summed E-state index contributed by atoms with van der Waals surface area (Å²) in [5.41, 5.74) is 1.39. The quantitative estimate of drug-likeness (QED) is 0.564. The monoisotopic (exact) mass is 416 g/mol. The molecule has 0 heterocycles. The van der Waals surface area contributed by atoms with Gasteiger partial charge < -0.3 is 10.1 Å². The number of esters is 1. The summed E-state index contributed by atoms with van der Waals surface area (Å²) in [7, 11) is -3.91. The van der Waals surface area contributed by atoms with Gasteiger partial charge in [0.25, 0.3) is 5.91 Å². The van der Waals surface area contributed by atoms with Crippen molar-refractivity contribution in [2.75, 3.05) is 18.6 Å². The van der Waals surface area contributed by atoms with Gasteiger partial charge in [0.05, 0.1) is 4.90 Å². The average Bonchev–Trinajstić information content (AvgIpc) is 2.57. The van der Waals surface area contributed by atoms with Crippen LogP contribution < -0.4 is 10.0 Å². The van der Waals surface area contributed by atoms with E-state index in [0.717, 1.165) is 5.56 Å². The fourth-order valence-corrected chi connectivity index (χ4v) is 4.33. The zero-order valence-electron chi connectivity index (χ0n) is 16.4. The standard InChI is InChI=1S/C18H28N2O5S2/c1-12(2)19-17(21)11-25-18(22)15(8-9-26-5)20-27(23,24)16-10-13(3)6-7-14(16)4/h6-7,10,12,15,20H,8-9,11H2,1-5H3,(H,19,21)/t15-/m0/s1. The molecule has 0 radical (unpaired) electrons. The van der Waals surface area contributed by atoms with Gasteiger partial charge in [0.2, 0.25) is 10.0 Å². The summed E-state index contributed by atoms with van der Waals surface area (Å²) >= 11 is 1.49. The van der Waals surface area contributed by atoms with Crippen molar-refractivity contribution in [2.24, 2.45) is 0 Å². The second-order valence-electron chi connectivity index (χ2n) is 6.55. The van der Waals surface area contributed by atoms with Crippen LogP contribution >= 0.6 is 11.8 Å². The van der Waals surface area contributed by atoms with Crippen LogP contribution in [0.4, 0.5) is 0 Å². The summed E-state index contributed by atoms with van der Waals surface area (Å²) < 4.78 is 33.0. The minimum atomic E-state index is -3.91. The number of carbonyl (C=O) groups excluding carboxylic acids is 2. The Morgan fingerprint density at radius 2 is 1.89 bits per heavy atom. The molecule has 0 spiro atoms. The molecule has 0 aliphatic carbocycles. The second kappa shape index (κ2) is 10.7. The zero-order chi connectivity index (χ0) is 20.6. The fraction of sp³-hybridized carbons (Fsp3) is 0.556. The number of carbonyl (C=O) groups is 2. The lowest BCUT2D eigenvalue weighted by Crippen LogP contribution is -2.43. The van der Waals surface area contributed by atoms with Gasteiger partial charge in [0, 0.05) is 6.04 Å². The number of sulfonamides is 1. The molecule has 0 aromatic heterocycles. The first kappa shape index (κ1) is 23.5. The molecule has 9 heteroatoms. The molecule has 0 aliphatic heterocycles. The van der Waals surface area contributed by atoms with Gasteiger partial charge in [-0.05, 0) is 63.3 Å². The maximum absolute atomic E-state index is 12.8. The molecule has 1 aromatic rings. The number of nitrogens with one attached hydrogen (secondary N) is 2. The molecule has 0 aliphatic rings. The third-order valence-corrected chi connectivity index (χ3v) is 5.88. The fourth-order valence-electron chi connectivity index (χ4n) is 2.31. The van der Waals surface area contributed by atoms with Gasteiger partial charge >= 0.3 is 5.97 Å². The van der Waals surface area contributed by atoms with Crippen molar-refractivity contribution >= 4 is 33.7 Å². The van der Waals surface area contributed by atoms with Crippen molar-refractivity contribution < 1.29 is 22.7 Å². The Hall–Kier alpha value is -1.58. The number of benzene rings is 1. The lowest BCUT2D eigenvalue weighted by Gasteiger charge is -2.18. The molecular formula is C18H28N2O5S2. The zero-order valence-corrected chi connectivity index (χ0v) is 18.0. The minimum absolute atomic E-state index is 0.0775. The van der Waals surface area contributed by atoms with Crippen molar-refractivity contribution in [3.8, 4) is 0 Å². The first-order valence-corrected chi connectivity index (χ1v) is 11.5. The van der Waals surface area contributed by atoms with Crippen LogP contribution in [0.25, 0.3) is 0 Å².